The molecule has 0 aliphatic heterocycles. The molecule has 0 N–H and O–H groups in total. The van der Waals surface area contributed by atoms with Gasteiger partial charge in [0.1, 0.15) is 0 Å². The Labute approximate surface area is 83.1 Å². The van der Waals surface area contributed by atoms with Crippen LogP contribution in [-0.4, -0.2) is 22.1 Å². The Morgan fingerprint density at radius 1 is 1.75 bits per heavy atom. The molecule has 0 heterocycles. The molecule has 66 valence electrons. The van der Waals surface area contributed by atoms with Crippen LogP contribution in [-0.2, 0) is 0 Å². The summed E-state index contributed by atoms with van der Waals surface area (Å²) in [4.78, 5) is 0. The SMILES string of the molecule is [1H][13C@@]([2H])(C)[Se]c1ccc(OC)cc1C. The first-order chi connectivity index (χ1) is 6.42. The molecule has 0 bridgehead atoms. The molecule has 0 radical (unpaired) electrons. The van der Waals surface area contributed by atoms with Crippen LogP contribution in [0, 0.1) is 6.92 Å². The van der Waals surface area contributed by atoms with E-state index in [4.69, 9.17) is 7.48 Å². The van der Waals surface area contributed by atoms with E-state index < -0.39 is 5.27 Å². The van der Waals surface area contributed by atoms with E-state index in [0.29, 0.717) is 0 Å². The van der Waals surface area contributed by atoms with Gasteiger partial charge in [-0.05, 0) is 0 Å². The summed E-state index contributed by atoms with van der Waals surface area (Å²) in [5.41, 5.74) is 1.11. The van der Waals surface area contributed by atoms with Crippen molar-refractivity contribution < 1.29 is 7.48 Å². The van der Waals surface area contributed by atoms with E-state index in [-0.39, 0.29) is 15.0 Å². The number of ether oxygens (including phenoxy) is 1. The molecule has 1 nitrogen and oxygen atoms in total. The molecule has 0 saturated heterocycles. The summed E-state index contributed by atoms with van der Waals surface area (Å²) in [6, 6.07) is 5.79. The van der Waals surface area contributed by atoms with Gasteiger partial charge >= 0.3 is 82.6 Å². The van der Waals surface area contributed by atoms with Gasteiger partial charge in [-0.2, -0.15) is 0 Å². The van der Waals surface area contributed by atoms with Gasteiger partial charge in [0, 0.05) is 0 Å². The van der Waals surface area contributed by atoms with Crippen molar-refractivity contribution in [2.45, 2.75) is 19.1 Å². The third-order valence-corrected chi connectivity index (χ3v) is 3.44. The predicted octanol–water partition coefficient (Wildman–Crippen LogP) is 1.77. The third kappa shape index (κ3) is 2.26. The Morgan fingerprint density at radius 2 is 2.50 bits per heavy atom. The molecule has 2 heteroatoms. The second kappa shape index (κ2) is 4.54. The predicted molar refractivity (Wildman–Crippen MR) is 53.6 cm³/mol. The first kappa shape index (κ1) is 6.99. The van der Waals surface area contributed by atoms with Crippen molar-refractivity contribution in [2.75, 3.05) is 7.11 Å². The van der Waals surface area contributed by atoms with Gasteiger partial charge in [-0.1, -0.05) is 0 Å². The topological polar surface area (TPSA) is 9.23 Å². The Kier molecular flexibility index (Phi) is 2.64. The van der Waals surface area contributed by atoms with Crippen LogP contribution < -0.4 is 9.20 Å². The van der Waals surface area contributed by atoms with Gasteiger partial charge in [0.15, 0.2) is 0 Å². The summed E-state index contributed by atoms with van der Waals surface area (Å²) in [5, 5.41) is -1.09. The van der Waals surface area contributed by atoms with Crippen molar-refractivity contribution in [2.24, 2.45) is 0 Å². The molecule has 1 rings (SSSR count). The quantitative estimate of drug-likeness (QED) is 0.569. The maximum atomic E-state index is 7.53. The number of rotatable bonds is 3. The third-order valence-electron chi connectivity index (χ3n) is 1.59. The van der Waals surface area contributed by atoms with Gasteiger partial charge in [0.25, 0.3) is 0 Å². The first-order valence-corrected chi connectivity index (χ1v) is 5.47. The fourth-order valence-electron chi connectivity index (χ4n) is 0.973. The molecule has 0 aromatic heterocycles. The van der Waals surface area contributed by atoms with Crippen LogP contribution in [0.15, 0.2) is 18.2 Å². The summed E-state index contributed by atoms with van der Waals surface area (Å²) in [7, 11) is 1.64. The Hall–Kier alpha value is -0.461. The van der Waals surface area contributed by atoms with Crippen LogP contribution in [0.2, 0.25) is 5.27 Å². The number of hydrogen-bond acceptors (Lipinski definition) is 1. The summed E-state index contributed by atoms with van der Waals surface area (Å²) in [6.07, 6.45) is 0. The molecule has 0 aliphatic carbocycles. The first-order valence-electron chi connectivity index (χ1n) is 4.76. The molecule has 1 atom stereocenters. The van der Waals surface area contributed by atoms with Crippen molar-refractivity contribution >= 4 is 19.4 Å². The molecule has 1 aromatic rings. The molecule has 0 amide bonds. The monoisotopic (exact) mass is 232 g/mol. The molecule has 0 spiro atoms. The van der Waals surface area contributed by atoms with Crippen LogP contribution in [0.4, 0.5) is 0 Å². The van der Waals surface area contributed by atoms with Gasteiger partial charge < -0.3 is 0 Å². The molecular weight excluding hydrogens is 216 g/mol. The van der Waals surface area contributed by atoms with Crippen LogP contribution in [0.25, 0.3) is 0 Å². The van der Waals surface area contributed by atoms with Gasteiger partial charge in [0.05, 0.1) is 0 Å². The standard InChI is InChI=1S/C10H14OSe/c1-4-12-10-6-5-9(11-3)7-8(10)2/h5-7H,4H2,1-3H3/i4+1DH/t4-/m1/s1. The zero-order chi connectivity index (χ0) is 10.8. The van der Waals surface area contributed by atoms with E-state index in [1.165, 1.54) is 0 Å². The van der Waals surface area contributed by atoms with Crippen LogP contribution in [0.5, 0.6) is 5.75 Å². The zero-order valence-corrected chi connectivity index (χ0v) is 9.26. The Balaban J connectivity index is 2.89. The second-order valence-electron chi connectivity index (χ2n) is 2.44. The van der Waals surface area contributed by atoms with Crippen molar-refractivity contribution in [3.05, 3.63) is 23.8 Å². The number of hydrogen-bond donors (Lipinski definition) is 0. The Morgan fingerprint density at radius 3 is 3.00 bits per heavy atom. The van der Waals surface area contributed by atoms with E-state index >= 15 is 0 Å². The number of benzene rings is 1. The average molecular weight is 231 g/mol. The van der Waals surface area contributed by atoms with Crippen LogP contribution >= 0.6 is 0 Å². The van der Waals surface area contributed by atoms with E-state index in [0.717, 1.165) is 15.8 Å². The van der Waals surface area contributed by atoms with Gasteiger partial charge in [-0.3, -0.25) is 0 Å². The fraction of sp³-hybridized carbons (Fsp3) is 0.400. The molecule has 1 aromatic carbocycles. The minimum atomic E-state index is -1.09. The summed E-state index contributed by atoms with van der Waals surface area (Å²) < 4.78 is 21.3. The zero-order valence-electron chi connectivity index (χ0n) is 9.55. The minimum absolute atomic E-state index is 0.136. The van der Waals surface area contributed by atoms with Crippen molar-refractivity contribution in [3.63, 3.8) is 0 Å². The molecule has 0 fully saturated rings. The van der Waals surface area contributed by atoms with E-state index in [9.17, 15) is 0 Å². The van der Waals surface area contributed by atoms with Gasteiger partial charge in [0.2, 0.25) is 0 Å². The molecule has 12 heavy (non-hydrogen) atoms. The van der Waals surface area contributed by atoms with Gasteiger partial charge in [-0.25, -0.2) is 0 Å². The average Bonchev–Trinajstić information content (AvgIpc) is 2.06. The molecule has 0 unspecified atom stereocenters. The van der Waals surface area contributed by atoms with Crippen molar-refractivity contribution in [3.8, 4) is 5.75 Å². The summed E-state index contributed by atoms with van der Waals surface area (Å²) >= 11 is -0.136. The summed E-state index contributed by atoms with van der Waals surface area (Å²) in [6.45, 7) is 3.61. The second-order valence-corrected chi connectivity index (χ2v) is 4.65. The van der Waals surface area contributed by atoms with Crippen LogP contribution in [0.3, 0.4) is 0 Å². The van der Waals surface area contributed by atoms with E-state index in [1.54, 1.807) is 14.0 Å². The Bertz CT molecular complexity index is 320. The van der Waals surface area contributed by atoms with E-state index in [1.807, 2.05) is 25.1 Å². The van der Waals surface area contributed by atoms with Crippen molar-refractivity contribution in [1.82, 2.24) is 0 Å². The van der Waals surface area contributed by atoms with Crippen LogP contribution in [0.1, 0.15) is 15.2 Å². The number of aryl methyl sites for hydroxylation is 1. The summed E-state index contributed by atoms with van der Waals surface area (Å²) in [5.74, 6) is 0.832. The normalized spacial score (nSPS) is 17.6. The maximum absolute atomic E-state index is 7.53. The van der Waals surface area contributed by atoms with Gasteiger partial charge in [-0.15, -0.1) is 0 Å². The molecule has 0 saturated carbocycles. The van der Waals surface area contributed by atoms with Crippen molar-refractivity contribution in [1.29, 1.82) is 0 Å². The molecule has 0 aliphatic rings. The fourth-order valence-corrected chi connectivity index (χ4v) is 2.18. The van der Waals surface area contributed by atoms with E-state index in [2.05, 4.69) is 0 Å². The molecular formula is C10H14OSe. The number of methoxy groups -OCH3 is 1.